The van der Waals surface area contributed by atoms with Gasteiger partial charge in [-0.1, -0.05) is 13.8 Å². The van der Waals surface area contributed by atoms with Crippen molar-refractivity contribution < 1.29 is 0 Å². The topological polar surface area (TPSA) is 47.6 Å². The van der Waals surface area contributed by atoms with E-state index < -0.39 is 0 Å². The van der Waals surface area contributed by atoms with Crippen molar-refractivity contribution in [2.75, 3.05) is 0 Å². The van der Waals surface area contributed by atoms with Crippen LogP contribution in [0.4, 0.5) is 0 Å². The monoisotopic (exact) mass is 166 g/mol. The van der Waals surface area contributed by atoms with Gasteiger partial charge in [-0.2, -0.15) is 10.5 Å². The molecule has 0 N–H and O–H groups in total. The molecule has 0 aliphatic carbocycles. The van der Waals surface area contributed by atoms with Crippen LogP contribution in [0.3, 0.4) is 0 Å². The van der Waals surface area contributed by atoms with Crippen LogP contribution >= 0.6 is 0 Å². The molecule has 0 radical (unpaired) electrons. The summed E-state index contributed by atoms with van der Waals surface area (Å²) in [6.07, 6.45) is 1.94. The molecule has 0 aliphatic rings. The van der Waals surface area contributed by atoms with E-state index in [9.17, 15) is 0 Å². The van der Waals surface area contributed by atoms with Crippen molar-refractivity contribution in [3.05, 3.63) is 0 Å². The SMILES string of the molecule is CCC(C)C#N.CCC(C)C#N. The minimum absolute atomic E-state index is 0.241. The fraction of sp³-hybridized carbons (Fsp3) is 0.800. The van der Waals surface area contributed by atoms with E-state index in [4.69, 9.17) is 10.5 Å². The molecule has 0 spiro atoms. The van der Waals surface area contributed by atoms with Crippen LogP contribution in [-0.4, -0.2) is 0 Å². The fourth-order valence-corrected chi connectivity index (χ4v) is 0.183. The molecule has 0 aromatic rings. The van der Waals surface area contributed by atoms with Crippen LogP contribution in [0.15, 0.2) is 0 Å². The highest BCUT2D eigenvalue weighted by atomic mass is 14.2. The van der Waals surface area contributed by atoms with Crippen molar-refractivity contribution in [3.8, 4) is 12.1 Å². The molecule has 0 aromatic carbocycles. The van der Waals surface area contributed by atoms with Crippen LogP contribution in [0.5, 0.6) is 0 Å². The first kappa shape index (κ1) is 13.6. The van der Waals surface area contributed by atoms with Gasteiger partial charge < -0.3 is 0 Å². The number of hydrogen-bond donors (Lipinski definition) is 0. The molecular formula is C10H18N2. The van der Waals surface area contributed by atoms with Crippen LogP contribution in [0.25, 0.3) is 0 Å². The average molecular weight is 166 g/mol. The number of nitrogens with zero attached hydrogens (tertiary/aromatic N) is 2. The molecule has 0 aliphatic heterocycles. The third-order valence-corrected chi connectivity index (χ3v) is 1.67. The molecule has 0 bridgehead atoms. The smallest absolute Gasteiger partial charge is 0.0652 e. The van der Waals surface area contributed by atoms with Crippen molar-refractivity contribution in [1.29, 1.82) is 10.5 Å². The zero-order valence-corrected chi connectivity index (χ0v) is 8.46. The lowest BCUT2D eigenvalue weighted by atomic mass is 10.2. The van der Waals surface area contributed by atoms with E-state index in [1.807, 2.05) is 27.7 Å². The molecule has 2 unspecified atom stereocenters. The van der Waals surface area contributed by atoms with E-state index in [0.717, 1.165) is 12.8 Å². The van der Waals surface area contributed by atoms with E-state index >= 15 is 0 Å². The maximum Gasteiger partial charge on any atom is 0.0652 e. The summed E-state index contributed by atoms with van der Waals surface area (Å²) in [5.74, 6) is 0.481. The fourth-order valence-electron chi connectivity index (χ4n) is 0.183. The van der Waals surface area contributed by atoms with Gasteiger partial charge in [-0.05, 0) is 26.7 Å². The van der Waals surface area contributed by atoms with Gasteiger partial charge in [-0.25, -0.2) is 0 Å². The maximum atomic E-state index is 8.08. The Bertz CT molecular complexity index is 142. The zero-order valence-electron chi connectivity index (χ0n) is 8.46. The quantitative estimate of drug-likeness (QED) is 0.632. The number of nitriles is 2. The van der Waals surface area contributed by atoms with Crippen LogP contribution in [0, 0.1) is 34.5 Å². The molecule has 0 amide bonds. The molecule has 0 aromatic heterocycles. The second-order valence-corrected chi connectivity index (χ2v) is 2.88. The third kappa shape index (κ3) is 11.7. The molecule has 2 atom stereocenters. The molecule has 0 rings (SSSR count). The summed E-state index contributed by atoms with van der Waals surface area (Å²) in [6.45, 7) is 7.85. The summed E-state index contributed by atoms with van der Waals surface area (Å²) in [5, 5.41) is 16.2. The Morgan fingerprint density at radius 2 is 1.17 bits per heavy atom. The summed E-state index contributed by atoms with van der Waals surface area (Å²) in [7, 11) is 0. The Hall–Kier alpha value is -1.02. The summed E-state index contributed by atoms with van der Waals surface area (Å²) < 4.78 is 0. The lowest BCUT2D eigenvalue weighted by Crippen LogP contribution is -1.81. The van der Waals surface area contributed by atoms with Crippen molar-refractivity contribution >= 4 is 0 Å². The number of rotatable bonds is 2. The second kappa shape index (κ2) is 9.98. The Morgan fingerprint density at radius 3 is 1.17 bits per heavy atom. The van der Waals surface area contributed by atoms with E-state index in [-0.39, 0.29) is 11.8 Å². The highest BCUT2D eigenvalue weighted by Gasteiger charge is 1.89. The van der Waals surface area contributed by atoms with Gasteiger partial charge in [0.2, 0.25) is 0 Å². The van der Waals surface area contributed by atoms with Gasteiger partial charge in [-0.15, -0.1) is 0 Å². The van der Waals surface area contributed by atoms with Gasteiger partial charge >= 0.3 is 0 Å². The first-order chi connectivity index (χ1) is 5.62. The van der Waals surface area contributed by atoms with Crippen molar-refractivity contribution in [3.63, 3.8) is 0 Å². The lowest BCUT2D eigenvalue weighted by molar-refractivity contribution is 0.713. The highest BCUT2D eigenvalue weighted by molar-refractivity contribution is 4.76. The summed E-state index contributed by atoms with van der Waals surface area (Å²) in [4.78, 5) is 0. The van der Waals surface area contributed by atoms with Crippen LogP contribution in [0.1, 0.15) is 40.5 Å². The minimum atomic E-state index is 0.241. The zero-order chi connectivity index (χ0) is 9.98. The first-order valence-electron chi connectivity index (χ1n) is 4.41. The Labute approximate surface area is 75.8 Å². The number of hydrogen-bond acceptors (Lipinski definition) is 2. The van der Waals surface area contributed by atoms with Gasteiger partial charge in [0.05, 0.1) is 12.1 Å². The molecule has 2 nitrogen and oxygen atoms in total. The summed E-state index contributed by atoms with van der Waals surface area (Å²) in [6, 6.07) is 4.23. The molecule has 12 heavy (non-hydrogen) atoms. The third-order valence-electron chi connectivity index (χ3n) is 1.67. The normalized spacial score (nSPS) is 12.8. The molecule has 2 heteroatoms. The minimum Gasteiger partial charge on any atom is -0.198 e. The lowest BCUT2D eigenvalue weighted by Gasteiger charge is -1.87. The van der Waals surface area contributed by atoms with E-state index in [2.05, 4.69) is 12.1 Å². The predicted octanol–water partition coefficient (Wildman–Crippen LogP) is 3.11. The van der Waals surface area contributed by atoms with Gasteiger partial charge in [0.25, 0.3) is 0 Å². The first-order valence-corrected chi connectivity index (χ1v) is 4.41. The van der Waals surface area contributed by atoms with Crippen LogP contribution in [0.2, 0.25) is 0 Å². The Balaban J connectivity index is 0. The molecule has 0 fully saturated rings. The van der Waals surface area contributed by atoms with E-state index in [0.29, 0.717) is 0 Å². The maximum absolute atomic E-state index is 8.08. The second-order valence-electron chi connectivity index (χ2n) is 2.88. The van der Waals surface area contributed by atoms with Crippen LogP contribution < -0.4 is 0 Å². The predicted molar refractivity (Wildman–Crippen MR) is 50.1 cm³/mol. The van der Waals surface area contributed by atoms with Crippen molar-refractivity contribution in [1.82, 2.24) is 0 Å². The molecule has 0 saturated heterocycles. The molecule has 68 valence electrons. The largest absolute Gasteiger partial charge is 0.198 e. The Kier molecular flexibility index (Phi) is 11.3. The molecular weight excluding hydrogens is 148 g/mol. The Morgan fingerprint density at radius 1 is 0.917 bits per heavy atom. The van der Waals surface area contributed by atoms with Gasteiger partial charge in [0.1, 0.15) is 0 Å². The van der Waals surface area contributed by atoms with Gasteiger partial charge in [0.15, 0.2) is 0 Å². The summed E-state index contributed by atoms with van der Waals surface area (Å²) >= 11 is 0. The summed E-state index contributed by atoms with van der Waals surface area (Å²) in [5.41, 5.74) is 0. The highest BCUT2D eigenvalue weighted by Crippen LogP contribution is 1.94. The van der Waals surface area contributed by atoms with E-state index in [1.165, 1.54) is 0 Å². The standard InChI is InChI=1S/2C5H9N/c2*1-3-5(2)4-6/h2*5H,3H2,1-2H3. The van der Waals surface area contributed by atoms with Crippen molar-refractivity contribution in [2.45, 2.75) is 40.5 Å². The van der Waals surface area contributed by atoms with Crippen molar-refractivity contribution in [2.24, 2.45) is 11.8 Å². The average Bonchev–Trinajstić information content (AvgIpc) is 2.16. The molecule has 0 saturated carbocycles. The van der Waals surface area contributed by atoms with E-state index in [1.54, 1.807) is 0 Å². The van der Waals surface area contributed by atoms with Gasteiger partial charge in [0, 0.05) is 11.8 Å². The van der Waals surface area contributed by atoms with Gasteiger partial charge in [-0.3, -0.25) is 0 Å². The molecule has 0 heterocycles. The van der Waals surface area contributed by atoms with Crippen LogP contribution in [-0.2, 0) is 0 Å².